The fourth-order valence-corrected chi connectivity index (χ4v) is 4.09. The van der Waals surface area contributed by atoms with E-state index in [2.05, 4.69) is 15.5 Å². The Bertz CT molecular complexity index is 1280. The molecule has 0 fully saturated rings. The first-order valence-electron chi connectivity index (χ1n) is 11.1. The van der Waals surface area contributed by atoms with Crippen LogP contribution in [-0.4, -0.2) is 41.1 Å². The van der Waals surface area contributed by atoms with Crippen LogP contribution in [0.1, 0.15) is 12.0 Å². The molecule has 0 saturated carbocycles. The number of nitrogens with zero attached hydrogens (tertiary/aromatic N) is 3. The number of aromatic nitrogens is 3. The maximum atomic E-state index is 12.3. The van der Waals surface area contributed by atoms with Gasteiger partial charge in [-0.1, -0.05) is 29.5 Å². The molecule has 35 heavy (non-hydrogen) atoms. The molecule has 4 rings (SSSR count). The number of amides is 1. The van der Waals surface area contributed by atoms with Crippen LogP contribution in [0.3, 0.4) is 0 Å². The lowest BCUT2D eigenvalue weighted by atomic mass is 10.0. The summed E-state index contributed by atoms with van der Waals surface area (Å²) in [6.07, 6.45) is 0.333. The van der Waals surface area contributed by atoms with E-state index >= 15 is 0 Å². The summed E-state index contributed by atoms with van der Waals surface area (Å²) < 4.78 is 10.6. The summed E-state index contributed by atoms with van der Waals surface area (Å²) in [5.41, 5.74) is 5.08. The van der Waals surface area contributed by atoms with E-state index in [9.17, 15) is 4.79 Å². The number of carbonyl (C=O) groups excluding carboxylic acids is 1. The van der Waals surface area contributed by atoms with Crippen molar-refractivity contribution in [2.24, 2.45) is 0 Å². The van der Waals surface area contributed by atoms with Gasteiger partial charge in [-0.05, 0) is 67.6 Å². The summed E-state index contributed by atoms with van der Waals surface area (Å²) in [7, 11) is 3.26. The highest BCUT2D eigenvalue weighted by molar-refractivity contribution is 7.99. The fourth-order valence-electron chi connectivity index (χ4n) is 3.36. The fraction of sp³-hybridized carbons (Fsp3) is 0.185. The molecule has 4 aromatic rings. The molecule has 0 aliphatic rings. The number of thioether (sulfide) groups is 1. The topological polar surface area (TPSA) is 86.2 Å². The average Bonchev–Trinajstić information content (AvgIpc) is 2.90. The highest BCUT2D eigenvalue weighted by atomic mass is 32.2. The molecule has 0 atom stereocenters. The third kappa shape index (κ3) is 6.36. The Hall–Kier alpha value is -3.91. The summed E-state index contributed by atoms with van der Waals surface area (Å²) >= 11 is 1.40. The first-order chi connectivity index (χ1) is 17.1. The Morgan fingerprint density at radius 1 is 0.800 bits per heavy atom. The van der Waals surface area contributed by atoms with Gasteiger partial charge in [0.15, 0.2) is 0 Å². The summed E-state index contributed by atoms with van der Waals surface area (Å²) in [6.45, 7) is 2.01. The molecule has 0 saturated heterocycles. The summed E-state index contributed by atoms with van der Waals surface area (Å²) in [5.74, 6) is 2.00. The highest BCUT2D eigenvalue weighted by Gasteiger charge is 2.15. The average molecular weight is 487 g/mol. The smallest absolute Gasteiger partial charge is 0.225 e. The maximum Gasteiger partial charge on any atom is 0.225 e. The van der Waals surface area contributed by atoms with Crippen molar-refractivity contribution in [2.45, 2.75) is 18.5 Å². The molecule has 3 aromatic carbocycles. The molecule has 178 valence electrons. The molecule has 1 N–H and O–H groups in total. The number of nitrogens with one attached hydrogen (secondary N) is 1. The number of benzene rings is 3. The van der Waals surface area contributed by atoms with Gasteiger partial charge >= 0.3 is 0 Å². The Balaban J connectivity index is 1.51. The lowest BCUT2D eigenvalue weighted by Crippen LogP contribution is -2.12. The zero-order chi connectivity index (χ0) is 24.6. The number of anilines is 1. The van der Waals surface area contributed by atoms with Crippen LogP contribution in [0.2, 0.25) is 0 Å². The molecule has 0 unspecified atom stereocenters. The van der Waals surface area contributed by atoms with Gasteiger partial charge in [0.2, 0.25) is 11.1 Å². The van der Waals surface area contributed by atoms with Gasteiger partial charge in [-0.3, -0.25) is 4.79 Å². The normalized spacial score (nSPS) is 10.6. The Morgan fingerprint density at radius 3 is 1.94 bits per heavy atom. The first-order valence-corrected chi connectivity index (χ1v) is 12.1. The van der Waals surface area contributed by atoms with Crippen molar-refractivity contribution in [1.29, 1.82) is 0 Å². The number of ether oxygens (including phenoxy) is 2. The summed E-state index contributed by atoms with van der Waals surface area (Å²) in [6, 6.07) is 23.0. The molecule has 1 heterocycles. The third-order valence-corrected chi connectivity index (χ3v) is 6.13. The van der Waals surface area contributed by atoms with Crippen molar-refractivity contribution in [2.75, 3.05) is 25.3 Å². The van der Waals surface area contributed by atoms with E-state index in [4.69, 9.17) is 14.5 Å². The van der Waals surface area contributed by atoms with Crippen LogP contribution in [0.15, 0.2) is 78.0 Å². The number of hydrogen-bond acceptors (Lipinski definition) is 7. The number of rotatable bonds is 9. The highest BCUT2D eigenvalue weighted by Crippen LogP contribution is 2.32. The maximum absolute atomic E-state index is 12.3. The van der Waals surface area contributed by atoms with E-state index < -0.39 is 0 Å². The van der Waals surface area contributed by atoms with Crippen LogP contribution in [0.4, 0.5) is 5.69 Å². The monoisotopic (exact) mass is 486 g/mol. The van der Waals surface area contributed by atoms with Gasteiger partial charge in [-0.2, -0.15) is 0 Å². The van der Waals surface area contributed by atoms with Crippen molar-refractivity contribution >= 4 is 23.4 Å². The van der Waals surface area contributed by atoms with Crippen molar-refractivity contribution in [3.8, 4) is 34.0 Å². The third-order valence-electron chi connectivity index (χ3n) is 5.29. The molecule has 0 radical (unpaired) electrons. The Morgan fingerprint density at radius 2 is 1.37 bits per heavy atom. The second kappa shape index (κ2) is 11.5. The predicted octanol–water partition coefficient (Wildman–Crippen LogP) is 5.65. The van der Waals surface area contributed by atoms with Crippen molar-refractivity contribution in [3.63, 3.8) is 0 Å². The first kappa shape index (κ1) is 24.2. The quantitative estimate of drug-likeness (QED) is 0.306. The Kier molecular flexibility index (Phi) is 7.95. The van der Waals surface area contributed by atoms with E-state index in [-0.39, 0.29) is 5.91 Å². The van der Waals surface area contributed by atoms with Crippen LogP contribution < -0.4 is 14.8 Å². The summed E-state index contributed by atoms with van der Waals surface area (Å²) in [5, 5.41) is 12.2. The molecule has 7 nitrogen and oxygen atoms in total. The number of carbonyl (C=O) groups is 1. The number of hydrogen-bond donors (Lipinski definition) is 1. The predicted molar refractivity (Wildman–Crippen MR) is 139 cm³/mol. The van der Waals surface area contributed by atoms with Crippen LogP contribution in [0, 0.1) is 6.92 Å². The lowest BCUT2D eigenvalue weighted by molar-refractivity contribution is -0.115. The molecular formula is C27H26N4O3S. The van der Waals surface area contributed by atoms with E-state index in [1.165, 1.54) is 11.8 Å². The molecule has 1 amide bonds. The summed E-state index contributed by atoms with van der Waals surface area (Å²) in [4.78, 5) is 17.1. The van der Waals surface area contributed by atoms with Gasteiger partial charge in [0.1, 0.15) is 22.9 Å². The van der Waals surface area contributed by atoms with Crippen molar-refractivity contribution in [1.82, 2.24) is 15.2 Å². The number of methoxy groups -OCH3 is 2. The van der Waals surface area contributed by atoms with Crippen molar-refractivity contribution in [3.05, 3.63) is 78.4 Å². The molecule has 8 heteroatoms. The molecule has 1 aromatic heterocycles. The van der Waals surface area contributed by atoms with Gasteiger partial charge < -0.3 is 14.8 Å². The minimum Gasteiger partial charge on any atom is -0.497 e. The van der Waals surface area contributed by atoms with Gasteiger partial charge in [-0.25, -0.2) is 4.98 Å². The molecule has 0 aliphatic heterocycles. The second-order valence-corrected chi connectivity index (χ2v) is 8.82. The van der Waals surface area contributed by atoms with Crippen LogP contribution in [0.5, 0.6) is 11.5 Å². The van der Waals surface area contributed by atoms with Crippen LogP contribution in [0.25, 0.3) is 22.5 Å². The Labute approximate surface area is 208 Å². The van der Waals surface area contributed by atoms with E-state index in [0.717, 1.165) is 33.9 Å². The number of aryl methyl sites for hydroxylation is 1. The SMILES string of the molecule is COc1ccc(-c2nnc(SCCC(=O)Nc3ccc(C)cc3)nc2-c2ccc(OC)cc2)cc1. The zero-order valence-corrected chi connectivity index (χ0v) is 20.6. The van der Waals surface area contributed by atoms with E-state index in [1.54, 1.807) is 14.2 Å². The molecular weight excluding hydrogens is 460 g/mol. The van der Waals surface area contributed by atoms with E-state index in [1.807, 2.05) is 79.7 Å². The van der Waals surface area contributed by atoms with Crippen molar-refractivity contribution < 1.29 is 14.3 Å². The van der Waals surface area contributed by atoms with Gasteiger partial charge in [-0.15, -0.1) is 10.2 Å². The van der Waals surface area contributed by atoms with Crippen LogP contribution in [-0.2, 0) is 4.79 Å². The van der Waals surface area contributed by atoms with Gasteiger partial charge in [0.25, 0.3) is 0 Å². The molecule has 0 aliphatic carbocycles. The van der Waals surface area contributed by atoms with Crippen LogP contribution >= 0.6 is 11.8 Å². The largest absolute Gasteiger partial charge is 0.497 e. The second-order valence-electron chi connectivity index (χ2n) is 7.76. The molecule has 0 bridgehead atoms. The zero-order valence-electron chi connectivity index (χ0n) is 19.8. The standard InChI is InChI=1S/C27H26N4O3S/c1-18-4-10-21(11-5-18)28-24(32)16-17-35-27-29-25(19-6-12-22(33-2)13-7-19)26(30-31-27)20-8-14-23(34-3)15-9-20/h4-15H,16-17H2,1-3H3,(H,28,32). The van der Waals surface area contributed by atoms with Gasteiger partial charge in [0, 0.05) is 29.0 Å². The molecule has 0 spiro atoms. The van der Waals surface area contributed by atoms with Gasteiger partial charge in [0.05, 0.1) is 14.2 Å². The minimum atomic E-state index is -0.0560. The lowest BCUT2D eigenvalue weighted by Gasteiger charge is -2.11. The van der Waals surface area contributed by atoms with E-state index in [0.29, 0.717) is 28.7 Å². The minimum absolute atomic E-state index is 0.0560.